The Kier molecular flexibility index (Phi) is 4.89. The molecule has 9 heteroatoms. The summed E-state index contributed by atoms with van der Waals surface area (Å²) in [4.78, 5) is 38.2. The molecular formula is C16H18ClN5O3. The molecule has 0 aliphatic carbocycles. The van der Waals surface area contributed by atoms with E-state index in [2.05, 4.69) is 15.0 Å². The summed E-state index contributed by atoms with van der Waals surface area (Å²) in [5.74, 6) is 0.932. The van der Waals surface area contributed by atoms with E-state index in [1.807, 2.05) is 19.0 Å². The quantitative estimate of drug-likeness (QED) is 0.877. The van der Waals surface area contributed by atoms with E-state index in [0.29, 0.717) is 36.8 Å². The zero-order valence-corrected chi connectivity index (χ0v) is 14.7. The highest BCUT2D eigenvalue weighted by atomic mass is 35.5. The minimum absolute atomic E-state index is 0.00591. The Hall–Kier alpha value is -2.61. The second-order valence-corrected chi connectivity index (χ2v) is 6.36. The van der Waals surface area contributed by atoms with Crippen molar-refractivity contribution < 1.29 is 9.53 Å². The number of likely N-dealkylation sites (tertiary alicyclic amines) is 1. The zero-order valence-electron chi connectivity index (χ0n) is 13.9. The lowest BCUT2D eigenvalue weighted by atomic mass is 10.2. The Balaban J connectivity index is 1.65. The van der Waals surface area contributed by atoms with E-state index in [0.717, 1.165) is 0 Å². The van der Waals surface area contributed by atoms with Crippen LogP contribution in [0.2, 0.25) is 5.02 Å². The average Bonchev–Trinajstić information content (AvgIpc) is 3.05. The molecule has 1 unspecified atom stereocenters. The Labute approximate surface area is 149 Å². The van der Waals surface area contributed by atoms with Crippen molar-refractivity contribution in [2.45, 2.75) is 12.5 Å². The molecule has 3 rings (SSSR count). The molecule has 132 valence electrons. The highest BCUT2D eigenvalue weighted by Crippen LogP contribution is 2.20. The number of ether oxygens (including phenoxy) is 1. The number of nitrogens with zero attached hydrogens (tertiary/aromatic N) is 4. The Morgan fingerprint density at radius 2 is 2.24 bits per heavy atom. The second-order valence-electron chi connectivity index (χ2n) is 5.96. The molecule has 0 saturated carbocycles. The lowest BCUT2D eigenvalue weighted by molar-refractivity contribution is 0.0770. The molecule has 1 atom stereocenters. The van der Waals surface area contributed by atoms with Gasteiger partial charge in [0.1, 0.15) is 11.1 Å². The molecule has 0 aromatic carbocycles. The van der Waals surface area contributed by atoms with E-state index in [4.69, 9.17) is 16.3 Å². The average molecular weight is 364 g/mol. The number of halogens is 1. The van der Waals surface area contributed by atoms with Gasteiger partial charge in [-0.1, -0.05) is 11.6 Å². The highest BCUT2D eigenvalue weighted by Gasteiger charge is 2.29. The first-order chi connectivity index (χ1) is 11.9. The molecule has 1 amide bonds. The van der Waals surface area contributed by atoms with E-state index < -0.39 is 5.56 Å². The fourth-order valence-corrected chi connectivity index (χ4v) is 2.72. The fraction of sp³-hybridized carbons (Fsp3) is 0.375. The van der Waals surface area contributed by atoms with Crippen molar-refractivity contribution in [2.75, 3.05) is 32.1 Å². The lowest BCUT2D eigenvalue weighted by Crippen LogP contribution is -2.31. The van der Waals surface area contributed by atoms with Crippen LogP contribution in [-0.4, -0.2) is 59.0 Å². The molecule has 1 fully saturated rings. The number of carbonyl (C=O) groups excluding carboxylic acids is 1. The first-order valence-electron chi connectivity index (χ1n) is 7.77. The van der Waals surface area contributed by atoms with E-state index in [1.54, 1.807) is 17.3 Å². The lowest BCUT2D eigenvalue weighted by Gasteiger charge is -2.17. The molecule has 8 nitrogen and oxygen atoms in total. The Morgan fingerprint density at radius 3 is 2.96 bits per heavy atom. The Bertz CT molecular complexity index is 839. The van der Waals surface area contributed by atoms with E-state index in [-0.39, 0.29) is 17.0 Å². The number of H-pyrrole nitrogens is 1. The first-order valence-corrected chi connectivity index (χ1v) is 8.15. The van der Waals surface area contributed by atoms with Gasteiger partial charge in [0.05, 0.1) is 24.5 Å². The third-order valence-electron chi connectivity index (χ3n) is 3.88. The second kappa shape index (κ2) is 7.10. The Morgan fingerprint density at radius 1 is 1.44 bits per heavy atom. The summed E-state index contributed by atoms with van der Waals surface area (Å²) in [5.41, 5.74) is -0.0696. The van der Waals surface area contributed by atoms with Gasteiger partial charge in [0.25, 0.3) is 11.5 Å². The predicted molar refractivity (Wildman–Crippen MR) is 93.4 cm³/mol. The van der Waals surface area contributed by atoms with Crippen molar-refractivity contribution in [3.63, 3.8) is 0 Å². The summed E-state index contributed by atoms with van der Waals surface area (Å²) in [6, 6.07) is 1.38. The number of rotatable bonds is 4. The van der Waals surface area contributed by atoms with Crippen molar-refractivity contribution >= 4 is 23.3 Å². The van der Waals surface area contributed by atoms with Gasteiger partial charge in [0, 0.05) is 33.3 Å². The topological polar surface area (TPSA) is 91.4 Å². The van der Waals surface area contributed by atoms with Gasteiger partial charge >= 0.3 is 0 Å². The van der Waals surface area contributed by atoms with Crippen LogP contribution in [0.5, 0.6) is 5.88 Å². The van der Waals surface area contributed by atoms with Crippen LogP contribution < -0.4 is 15.2 Å². The highest BCUT2D eigenvalue weighted by molar-refractivity contribution is 6.30. The summed E-state index contributed by atoms with van der Waals surface area (Å²) in [5, 5.41) is -0.00591. The number of hydrogen-bond acceptors (Lipinski definition) is 6. The van der Waals surface area contributed by atoms with Crippen molar-refractivity contribution in [1.82, 2.24) is 19.9 Å². The van der Waals surface area contributed by atoms with Crippen molar-refractivity contribution in [2.24, 2.45) is 0 Å². The molecule has 0 spiro atoms. The van der Waals surface area contributed by atoms with Crippen LogP contribution in [0.1, 0.15) is 16.8 Å². The molecule has 1 saturated heterocycles. The number of hydrogen-bond donors (Lipinski definition) is 1. The molecule has 2 aromatic rings. The standard InChI is InChI=1S/C16H18ClN5O3/c1-21(2)13-7-18-8-14(20-13)25-11-3-4-22(9-11)16(24)10-5-12(17)15(23)19-6-10/h5-8,11H,3-4,9H2,1-2H3,(H,19,23). The van der Waals surface area contributed by atoms with E-state index >= 15 is 0 Å². The van der Waals surface area contributed by atoms with Crippen LogP contribution in [-0.2, 0) is 0 Å². The molecule has 25 heavy (non-hydrogen) atoms. The minimum Gasteiger partial charge on any atom is -0.471 e. The van der Waals surface area contributed by atoms with Crippen LogP contribution in [0.15, 0.2) is 29.5 Å². The van der Waals surface area contributed by atoms with Crippen molar-refractivity contribution in [1.29, 1.82) is 0 Å². The van der Waals surface area contributed by atoms with Gasteiger partial charge in [-0.25, -0.2) is 0 Å². The number of amides is 1. The third-order valence-corrected chi connectivity index (χ3v) is 4.16. The largest absolute Gasteiger partial charge is 0.471 e. The molecule has 0 radical (unpaired) electrons. The maximum atomic E-state index is 12.5. The number of pyridine rings is 1. The molecule has 0 bridgehead atoms. The molecule has 1 aliphatic rings. The van der Waals surface area contributed by atoms with Gasteiger partial charge in [-0.3, -0.25) is 14.6 Å². The van der Waals surface area contributed by atoms with Gasteiger partial charge in [-0.15, -0.1) is 0 Å². The number of nitrogens with one attached hydrogen (secondary N) is 1. The molecular weight excluding hydrogens is 346 g/mol. The van der Waals surface area contributed by atoms with Crippen molar-refractivity contribution in [3.8, 4) is 5.88 Å². The number of anilines is 1. The summed E-state index contributed by atoms with van der Waals surface area (Å²) in [6.45, 7) is 0.991. The normalized spacial score (nSPS) is 16.8. The number of carbonyl (C=O) groups is 1. The van der Waals surface area contributed by atoms with Gasteiger partial charge in [0.15, 0.2) is 5.82 Å². The third kappa shape index (κ3) is 3.90. The molecule has 3 heterocycles. The van der Waals surface area contributed by atoms with E-state index in [1.165, 1.54) is 12.3 Å². The molecule has 2 aromatic heterocycles. The monoisotopic (exact) mass is 363 g/mol. The van der Waals surface area contributed by atoms with Crippen LogP contribution in [0.4, 0.5) is 5.82 Å². The SMILES string of the molecule is CN(C)c1cncc(OC2CCN(C(=O)c3c[nH]c(=O)c(Cl)c3)C2)n1. The van der Waals surface area contributed by atoms with Crippen LogP contribution in [0.3, 0.4) is 0 Å². The first kappa shape index (κ1) is 17.2. The molecule has 1 N–H and O–H groups in total. The maximum absolute atomic E-state index is 12.5. The van der Waals surface area contributed by atoms with E-state index in [9.17, 15) is 9.59 Å². The van der Waals surface area contributed by atoms with Crippen molar-refractivity contribution in [3.05, 3.63) is 45.6 Å². The summed E-state index contributed by atoms with van der Waals surface area (Å²) in [6.07, 6.45) is 5.11. The van der Waals surface area contributed by atoms with Gasteiger partial charge in [-0.2, -0.15) is 4.98 Å². The number of aromatic amines is 1. The van der Waals surface area contributed by atoms with Crippen LogP contribution in [0, 0.1) is 0 Å². The zero-order chi connectivity index (χ0) is 18.0. The summed E-state index contributed by atoms with van der Waals surface area (Å²) >= 11 is 5.78. The van der Waals surface area contributed by atoms with Gasteiger partial charge < -0.3 is 19.5 Å². The van der Waals surface area contributed by atoms with Crippen LogP contribution in [0.25, 0.3) is 0 Å². The van der Waals surface area contributed by atoms with Crippen LogP contribution >= 0.6 is 11.6 Å². The van der Waals surface area contributed by atoms with Gasteiger partial charge in [0.2, 0.25) is 5.88 Å². The smallest absolute Gasteiger partial charge is 0.266 e. The fourth-order valence-electron chi connectivity index (χ4n) is 2.55. The predicted octanol–water partition coefficient (Wildman–Crippen LogP) is 1.18. The summed E-state index contributed by atoms with van der Waals surface area (Å²) < 4.78 is 5.85. The molecule has 1 aliphatic heterocycles. The summed E-state index contributed by atoms with van der Waals surface area (Å²) in [7, 11) is 3.75. The number of aromatic nitrogens is 3. The minimum atomic E-state index is -0.416. The maximum Gasteiger partial charge on any atom is 0.266 e. The van der Waals surface area contributed by atoms with Gasteiger partial charge in [-0.05, 0) is 6.07 Å².